The van der Waals surface area contributed by atoms with Gasteiger partial charge in [-0.1, -0.05) is 0 Å². The van der Waals surface area contributed by atoms with Crippen molar-refractivity contribution in [2.24, 2.45) is 0 Å². The van der Waals surface area contributed by atoms with Gasteiger partial charge in [-0.05, 0) is 44.9 Å². The highest BCUT2D eigenvalue weighted by Crippen LogP contribution is 2.18. The molecule has 2 rings (SSSR count). The molecule has 2 N–H and O–H groups in total. The Hall–Kier alpha value is -1.84. The summed E-state index contributed by atoms with van der Waals surface area (Å²) in [5, 5.41) is 4.48. The van der Waals surface area contributed by atoms with Crippen LogP contribution in [0, 0.1) is 27.7 Å². The number of anilines is 1. The van der Waals surface area contributed by atoms with E-state index >= 15 is 0 Å². The smallest absolute Gasteiger partial charge is 0.156 e. The summed E-state index contributed by atoms with van der Waals surface area (Å²) >= 11 is 0. The zero-order chi connectivity index (χ0) is 11.9. The van der Waals surface area contributed by atoms with Gasteiger partial charge >= 0.3 is 0 Å². The lowest BCUT2D eigenvalue weighted by molar-refractivity contribution is 0.799. The van der Waals surface area contributed by atoms with Crippen molar-refractivity contribution in [2.75, 3.05) is 5.73 Å². The van der Waals surface area contributed by atoms with Gasteiger partial charge in [0.1, 0.15) is 0 Å². The molecule has 0 spiro atoms. The van der Waals surface area contributed by atoms with Crippen LogP contribution in [0.5, 0.6) is 0 Å². The average molecular weight is 216 g/mol. The van der Waals surface area contributed by atoms with Crippen molar-refractivity contribution in [3.8, 4) is 5.82 Å². The summed E-state index contributed by atoms with van der Waals surface area (Å²) in [6.45, 7) is 8.11. The number of pyridine rings is 1. The number of nitrogens with zero attached hydrogens (tertiary/aromatic N) is 3. The predicted molar refractivity (Wildman–Crippen MR) is 64.7 cm³/mol. The van der Waals surface area contributed by atoms with Crippen molar-refractivity contribution >= 4 is 5.69 Å². The van der Waals surface area contributed by atoms with Crippen molar-refractivity contribution in [1.29, 1.82) is 0 Å². The number of aromatic nitrogens is 3. The second kappa shape index (κ2) is 3.63. The molecule has 0 bridgehead atoms. The molecule has 4 heteroatoms. The van der Waals surface area contributed by atoms with E-state index in [9.17, 15) is 0 Å². The lowest BCUT2D eigenvalue weighted by atomic mass is 10.2. The van der Waals surface area contributed by atoms with E-state index in [4.69, 9.17) is 5.73 Å². The predicted octanol–water partition coefficient (Wildman–Crippen LogP) is 2.08. The third-order valence-electron chi connectivity index (χ3n) is 2.93. The monoisotopic (exact) mass is 216 g/mol. The van der Waals surface area contributed by atoms with E-state index in [1.165, 1.54) is 5.56 Å². The van der Waals surface area contributed by atoms with Gasteiger partial charge in [0.05, 0.1) is 17.6 Å². The van der Waals surface area contributed by atoms with E-state index in [2.05, 4.69) is 17.0 Å². The molecule has 2 heterocycles. The Kier molecular flexibility index (Phi) is 2.42. The highest BCUT2D eigenvalue weighted by atomic mass is 15.3. The lowest BCUT2D eigenvalue weighted by Crippen LogP contribution is -2.05. The van der Waals surface area contributed by atoms with Gasteiger partial charge in [0.25, 0.3) is 0 Å². The zero-order valence-corrected chi connectivity index (χ0v) is 10.1. The van der Waals surface area contributed by atoms with Gasteiger partial charge in [-0.2, -0.15) is 5.10 Å². The number of hydrogen-bond acceptors (Lipinski definition) is 3. The van der Waals surface area contributed by atoms with Crippen LogP contribution in [0.3, 0.4) is 0 Å². The number of hydrogen-bond donors (Lipinski definition) is 1. The molecule has 0 aliphatic rings. The average Bonchev–Trinajstić information content (AvgIpc) is 2.46. The Morgan fingerprint density at radius 3 is 2.38 bits per heavy atom. The van der Waals surface area contributed by atoms with E-state index in [0.717, 1.165) is 22.8 Å². The molecule has 2 aromatic rings. The van der Waals surface area contributed by atoms with E-state index in [-0.39, 0.29) is 0 Å². The van der Waals surface area contributed by atoms with Gasteiger partial charge in [0.15, 0.2) is 5.82 Å². The van der Waals surface area contributed by atoms with Gasteiger partial charge < -0.3 is 5.73 Å². The number of aryl methyl sites for hydroxylation is 2. The van der Waals surface area contributed by atoms with Gasteiger partial charge in [-0.15, -0.1) is 0 Å². The molecule has 0 saturated carbocycles. The molecule has 0 unspecified atom stereocenters. The van der Waals surface area contributed by atoms with Gasteiger partial charge in [-0.25, -0.2) is 9.67 Å². The Labute approximate surface area is 95.1 Å². The fourth-order valence-corrected chi connectivity index (χ4v) is 1.74. The van der Waals surface area contributed by atoms with Crippen molar-refractivity contribution in [3.63, 3.8) is 0 Å². The van der Waals surface area contributed by atoms with Crippen LogP contribution in [0.2, 0.25) is 0 Å². The summed E-state index contributed by atoms with van der Waals surface area (Å²) in [5.74, 6) is 0.850. The first-order valence-electron chi connectivity index (χ1n) is 5.26. The summed E-state index contributed by atoms with van der Waals surface area (Å²) < 4.78 is 1.87. The van der Waals surface area contributed by atoms with Crippen LogP contribution < -0.4 is 5.73 Å². The van der Waals surface area contributed by atoms with Gasteiger partial charge in [0.2, 0.25) is 0 Å². The fraction of sp³-hybridized carbons (Fsp3) is 0.333. The van der Waals surface area contributed by atoms with Gasteiger partial charge in [0, 0.05) is 5.69 Å². The third-order valence-corrected chi connectivity index (χ3v) is 2.93. The fourth-order valence-electron chi connectivity index (χ4n) is 1.74. The summed E-state index contributed by atoms with van der Waals surface area (Å²) in [5.41, 5.74) is 10.8. The summed E-state index contributed by atoms with van der Waals surface area (Å²) in [6.07, 6.45) is 1.66. The SMILES string of the molecule is Cc1cc(N)cnc1-n1nc(C)c(C)c1C. The highest BCUT2D eigenvalue weighted by Gasteiger charge is 2.11. The molecule has 0 saturated heterocycles. The molecule has 0 aliphatic heterocycles. The summed E-state index contributed by atoms with van der Waals surface area (Å²) in [6, 6.07) is 1.91. The Bertz CT molecular complexity index is 540. The maximum Gasteiger partial charge on any atom is 0.156 e. The first-order chi connectivity index (χ1) is 7.50. The van der Waals surface area contributed by atoms with Crippen molar-refractivity contribution in [3.05, 3.63) is 34.8 Å². The normalized spacial score (nSPS) is 10.8. The highest BCUT2D eigenvalue weighted by molar-refractivity contribution is 5.45. The van der Waals surface area contributed by atoms with Crippen LogP contribution in [-0.2, 0) is 0 Å². The largest absolute Gasteiger partial charge is 0.397 e. The second-order valence-corrected chi connectivity index (χ2v) is 4.12. The van der Waals surface area contributed by atoms with Crippen LogP contribution in [0.25, 0.3) is 5.82 Å². The van der Waals surface area contributed by atoms with E-state index in [0.29, 0.717) is 5.69 Å². The second-order valence-electron chi connectivity index (χ2n) is 4.12. The number of nitrogens with two attached hydrogens (primary N) is 1. The molecule has 84 valence electrons. The van der Waals surface area contributed by atoms with Crippen LogP contribution in [0.4, 0.5) is 5.69 Å². The quantitative estimate of drug-likeness (QED) is 0.794. The minimum absolute atomic E-state index is 0.680. The molecule has 0 radical (unpaired) electrons. The minimum Gasteiger partial charge on any atom is -0.397 e. The van der Waals surface area contributed by atoms with Crippen molar-refractivity contribution in [2.45, 2.75) is 27.7 Å². The molecule has 0 atom stereocenters. The molecule has 16 heavy (non-hydrogen) atoms. The Balaban J connectivity index is 2.63. The molecule has 0 aromatic carbocycles. The summed E-state index contributed by atoms with van der Waals surface area (Å²) in [4.78, 5) is 4.34. The first-order valence-corrected chi connectivity index (χ1v) is 5.26. The van der Waals surface area contributed by atoms with E-state index in [1.807, 2.05) is 31.5 Å². The maximum atomic E-state index is 5.69. The Morgan fingerprint density at radius 2 is 1.88 bits per heavy atom. The minimum atomic E-state index is 0.680. The van der Waals surface area contributed by atoms with E-state index in [1.54, 1.807) is 6.20 Å². The standard InChI is InChI=1S/C12H16N4/c1-7-5-11(13)6-14-12(7)16-10(4)8(2)9(3)15-16/h5-6H,13H2,1-4H3. The molecule has 4 nitrogen and oxygen atoms in total. The van der Waals surface area contributed by atoms with Crippen molar-refractivity contribution in [1.82, 2.24) is 14.8 Å². The van der Waals surface area contributed by atoms with Crippen LogP contribution >= 0.6 is 0 Å². The van der Waals surface area contributed by atoms with Crippen LogP contribution in [0.1, 0.15) is 22.5 Å². The topological polar surface area (TPSA) is 56.7 Å². The first kappa shape index (κ1) is 10.7. The van der Waals surface area contributed by atoms with E-state index < -0.39 is 0 Å². The van der Waals surface area contributed by atoms with Crippen LogP contribution in [-0.4, -0.2) is 14.8 Å². The molecular formula is C12H16N4. The lowest BCUT2D eigenvalue weighted by Gasteiger charge is -2.07. The maximum absolute atomic E-state index is 5.69. The van der Waals surface area contributed by atoms with Gasteiger partial charge in [-0.3, -0.25) is 0 Å². The van der Waals surface area contributed by atoms with Crippen LogP contribution in [0.15, 0.2) is 12.3 Å². The molecular weight excluding hydrogens is 200 g/mol. The Morgan fingerprint density at radius 1 is 1.19 bits per heavy atom. The molecule has 2 aromatic heterocycles. The third kappa shape index (κ3) is 1.56. The number of nitrogen functional groups attached to an aromatic ring is 1. The molecule has 0 amide bonds. The molecule has 0 aliphatic carbocycles. The molecule has 0 fully saturated rings. The number of rotatable bonds is 1. The zero-order valence-electron chi connectivity index (χ0n) is 10.1. The summed E-state index contributed by atoms with van der Waals surface area (Å²) in [7, 11) is 0. The van der Waals surface area contributed by atoms with Crippen molar-refractivity contribution < 1.29 is 0 Å².